The minimum atomic E-state index is -4.96. The molecule has 0 spiro atoms. The molecule has 0 bridgehead atoms. The number of pyridine rings is 1. The van der Waals surface area contributed by atoms with Gasteiger partial charge in [0.1, 0.15) is 5.56 Å². The summed E-state index contributed by atoms with van der Waals surface area (Å²) < 4.78 is 81.2. The quantitative estimate of drug-likeness (QED) is 0.291. The third-order valence-electron chi connectivity index (χ3n) is 6.45. The van der Waals surface area contributed by atoms with Crippen LogP contribution >= 0.6 is 0 Å². The highest BCUT2D eigenvalue weighted by Crippen LogP contribution is 2.44. The number of benzene rings is 1. The molecule has 2 heterocycles. The molecular weight excluding hydrogens is 540 g/mol. The number of carbonyl (C=O) groups is 1. The first-order chi connectivity index (χ1) is 18.2. The molecule has 4 rings (SSSR count). The van der Waals surface area contributed by atoms with Gasteiger partial charge in [0, 0.05) is 16.8 Å². The molecule has 1 aliphatic rings. The van der Waals surface area contributed by atoms with E-state index in [1.54, 1.807) is 0 Å². The molecule has 1 unspecified atom stereocenters. The fourth-order valence-electron chi connectivity index (χ4n) is 4.16. The van der Waals surface area contributed by atoms with E-state index in [0.717, 1.165) is 13.3 Å². The first-order valence-electron chi connectivity index (χ1n) is 11.5. The van der Waals surface area contributed by atoms with Gasteiger partial charge in [0.15, 0.2) is 11.4 Å². The van der Waals surface area contributed by atoms with Crippen molar-refractivity contribution in [1.29, 1.82) is 10.0 Å². The Hall–Kier alpha value is -4.12. The second-order valence-electron chi connectivity index (χ2n) is 9.27. The minimum Gasteiger partial charge on any atom is -0.432 e. The molecule has 0 radical (unpaired) electrons. The maximum Gasteiger partial charge on any atom is 0.435 e. The lowest BCUT2D eigenvalue weighted by Gasteiger charge is -2.34. The van der Waals surface area contributed by atoms with Gasteiger partial charge in [0.2, 0.25) is 0 Å². The fraction of sp³-hybridized carbons (Fsp3) is 0.320. The van der Waals surface area contributed by atoms with Gasteiger partial charge in [-0.3, -0.25) is 4.79 Å². The lowest BCUT2D eigenvalue weighted by molar-refractivity contribution is -0.142. The Labute approximate surface area is 221 Å². The van der Waals surface area contributed by atoms with Gasteiger partial charge < -0.3 is 10.1 Å². The summed E-state index contributed by atoms with van der Waals surface area (Å²) >= 11 is 0. The van der Waals surface area contributed by atoms with E-state index in [9.17, 15) is 27.4 Å². The Morgan fingerprint density at radius 2 is 1.92 bits per heavy atom. The lowest BCUT2D eigenvalue weighted by Crippen LogP contribution is -2.33. The van der Waals surface area contributed by atoms with Gasteiger partial charge in [-0.15, -0.1) is 10.2 Å². The van der Waals surface area contributed by atoms with Crippen LogP contribution in [-0.4, -0.2) is 31.6 Å². The van der Waals surface area contributed by atoms with Gasteiger partial charge in [0.25, 0.3) is 17.7 Å². The number of aryl methyl sites for hydroxylation is 1. The zero-order chi connectivity index (χ0) is 28.8. The first kappa shape index (κ1) is 27.9. The maximum atomic E-state index is 15.1. The summed E-state index contributed by atoms with van der Waals surface area (Å²) in [7, 11) is -3.15. The zero-order valence-corrected chi connectivity index (χ0v) is 21.8. The van der Waals surface area contributed by atoms with Crippen molar-refractivity contribution in [2.75, 3.05) is 11.6 Å². The van der Waals surface area contributed by atoms with Crippen LogP contribution in [0.3, 0.4) is 0 Å². The van der Waals surface area contributed by atoms with Crippen molar-refractivity contribution in [1.82, 2.24) is 15.2 Å². The summed E-state index contributed by atoms with van der Waals surface area (Å²) in [5.74, 6) is -3.41. The van der Waals surface area contributed by atoms with E-state index in [1.807, 2.05) is 0 Å². The number of halogens is 4. The number of anilines is 1. The Morgan fingerprint density at radius 3 is 2.46 bits per heavy atom. The largest absolute Gasteiger partial charge is 0.435 e. The number of ether oxygens (including phenoxy) is 1. The van der Waals surface area contributed by atoms with Crippen molar-refractivity contribution >= 4 is 21.3 Å². The Morgan fingerprint density at radius 1 is 1.23 bits per heavy atom. The molecule has 1 aliphatic carbocycles. The van der Waals surface area contributed by atoms with E-state index in [0.29, 0.717) is 12.8 Å². The number of nitrogens with one attached hydrogen (secondary N) is 2. The van der Waals surface area contributed by atoms with Gasteiger partial charge in [0.05, 0.1) is 26.9 Å². The summed E-state index contributed by atoms with van der Waals surface area (Å²) in [6, 6.07) is 9.08. The van der Waals surface area contributed by atoms with Crippen molar-refractivity contribution < 1.29 is 31.3 Å². The number of rotatable bonds is 6. The minimum absolute atomic E-state index is 0.0470. The summed E-state index contributed by atoms with van der Waals surface area (Å²) in [4.78, 5) is 17.2. The molecular formula is C25H22F4N6O3S. The highest BCUT2D eigenvalue weighted by atomic mass is 32.2. The molecule has 204 valence electrons. The van der Waals surface area contributed by atoms with Crippen molar-refractivity contribution in [3.8, 4) is 17.7 Å². The molecule has 1 amide bonds. The highest BCUT2D eigenvalue weighted by Gasteiger charge is 2.42. The molecule has 0 aliphatic heterocycles. The number of nitrogens with zero attached hydrogens (tertiary/aromatic N) is 4. The van der Waals surface area contributed by atoms with Crippen LogP contribution in [0.1, 0.15) is 52.1 Å². The topological polar surface area (TPSA) is 142 Å². The summed E-state index contributed by atoms with van der Waals surface area (Å²) in [5, 5.41) is 18.6. The number of hydrogen-bond acceptors (Lipinski definition) is 8. The highest BCUT2D eigenvalue weighted by molar-refractivity contribution is 7.91. The Kier molecular flexibility index (Phi) is 7.07. The maximum absolute atomic E-state index is 15.1. The molecule has 3 aromatic rings. The van der Waals surface area contributed by atoms with Crippen LogP contribution in [0, 0.1) is 35.9 Å². The van der Waals surface area contributed by atoms with Gasteiger partial charge >= 0.3 is 6.18 Å². The first-order valence-corrected chi connectivity index (χ1v) is 13.5. The Balaban J connectivity index is 1.77. The zero-order valence-electron chi connectivity index (χ0n) is 20.9. The van der Waals surface area contributed by atoms with Gasteiger partial charge in [-0.1, -0.05) is 6.07 Å². The van der Waals surface area contributed by atoms with Gasteiger partial charge in [-0.05, 0) is 68.5 Å². The van der Waals surface area contributed by atoms with Crippen molar-refractivity contribution in [2.24, 2.45) is 0 Å². The fourth-order valence-corrected chi connectivity index (χ4v) is 4.85. The molecule has 1 saturated carbocycles. The van der Waals surface area contributed by atoms with E-state index in [-0.39, 0.29) is 21.8 Å². The number of amides is 1. The molecule has 1 atom stereocenters. The van der Waals surface area contributed by atoms with E-state index < -0.39 is 61.6 Å². The molecule has 2 N–H and O–H groups in total. The molecule has 2 aromatic heterocycles. The molecule has 9 nitrogen and oxygen atoms in total. The predicted molar refractivity (Wildman–Crippen MR) is 131 cm³/mol. The van der Waals surface area contributed by atoms with Crippen LogP contribution in [0.2, 0.25) is 0 Å². The number of aromatic nitrogens is 3. The monoisotopic (exact) mass is 562 g/mol. The molecule has 39 heavy (non-hydrogen) atoms. The average molecular weight is 563 g/mol. The third kappa shape index (κ3) is 5.40. The molecule has 1 fully saturated rings. The van der Waals surface area contributed by atoms with E-state index in [1.165, 1.54) is 43.5 Å². The second kappa shape index (κ2) is 9.88. The van der Waals surface area contributed by atoms with Crippen LogP contribution in [0.5, 0.6) is 11.6 Å². The van der Waals surface area contributed by atoms with Gasteiger partial charge in [-0.2, -0.15) is 22.8 Å². The van der Waals surface area contributed by atoms with Gasteiger partial charge in [-0.25, -0.2) is 14.0 Å². The van der Waals surface area contributed by atoms with Crippen LogP contribution in [0.25, 0.3) is 0 Å². The lowest BCUT2D eigenvalue weighted by atomic mass is 9.67. The number of carbonyl (C=O) groups excluding carboxylic acids is 1. The van der Waals surface area contributed by atoms with Crippen LogP contribution < -0.4 is 10.1 Å². The second-order valence-corrected chi connectivity index (χ2v) is 11.4. The standard InChI is InChI=1S/C25H22F4N6O3S/c1-13-10-17(24(12-30)8-5-9-24)33-21(26)19(13)38-23-18(14(2)20(34-35-23)25(27,28)29)22(36)32-15-6-4-7-16(11-15)39(3,31)37/h4,6-7,10-11,31H,5,8-9H2,1-3H3,(H,32,36). The predicted octanol–water partition coefficient (Wildman–Crippen LogP) is 5.67. The normalized spacial score (nSPS) is 15.9. The van der Waals surface area contributed by atoms with E-state index in [4.69, 9.17) is 9.52 Å². The van der Waals surface area contributed by atoms with Crippen LogP contribution in [-0.2, 0) is 21.3 Å². The molecule has 0 saturated heterocycles. The third-order valence-corrected chi connectivity index (χ3v) is 7.60. The van der Waals surface area contributed by atoms with Crippen molar-refractivity contribution in [2.45, 2.75) is 49.6 Å². The smallest absolute Gasteiger partial charge is 0.432 e. The average Bonchev–Trinajstić information content (AvgIpc) is 2.80. The Bertz CT molecular complexity index is 1610. The SMILES string of the molecule is Cc1cc(C2(C#N)CCC2)nc(F)c1Oc1nnc(C(F)(F)F)c(C)c1C(=O)Nc1cccc(S(C)(=N)=O)c1. The summed E-state index contributed by atoms with van der Waals surface area (Å²) in [6.07, 6.45) is -1.98. The van der Waals surface area contributed by atoms with E-state index >= 15 is 4.39 Å². The van der Waals surface area contributed by atoms with E-state index in [2.05, 4.69) is 26.6 Å². The number of hydrogen-bond donors (Lipinski definition) is 2. The van der Waals surface area contributed by atoms with Crippen LogP contribution in [0.15, 0.2) is 35.2 Å². The van der Waals surface area contributed by atoms with Crippen LogP contribution in [0.4, 0.5) is 23.2 Å². The summed E-state index contributed by atoms with van der Waals surface area (Å²) in [6.45, 7) is 2.46. The molecule has 1 aromatic carbocycles. The number of alkyl halides is 3. The summed E-state index contributed by atoms with van der Waals surface area (Å²) in [5.41, 5.74) is -3.20. The number of nitriles is 1. The molecule has 14 heteroatoms. The van der Waals surface area contributed by atoms with Crippen molar-refractivity contribution in [3.63, 3.8) is 0 Å². The van der Waals surface area contributed by atoms with Crippen molar-refractivity contribution in [3.05, 3.63) is 64.4 Å².